The fraction of sp³-hybridized carbons (Fsp3) is 0.603. The number of benzene rings is 1. The summed E-state index contributed by atoms with van der Waals surface area (Å²) >= 11 is 0. The van der Waals surface area contributed by atoms with Gasteiger partial charge in [-0.25, -0.2) is 14.4 Å². The number of aliphatic hydroxyl groups excluding tert-OH is 2. The molecular weight excluding hydrogens is 1440 g/mol. The smallest absolute Gasteiger partial charge is 0.410 e. The summed E-state index contributed by atoms with van der Waals surface area (Å²) in [4.78, 5) is 150. The highest BCUT2D eigenvalue weighted by Crippen LogP contribution is 2.39. The van der Waals surface area contributed by atoms with Crippen molar-refractivity contribution in [3.05, 3.63) is 89.4 Å². The molecule has 1 fully saturated rings. The number of nitrogens with zero attached hydrogens (tertiary/aromatic N) is 10. The van der Waals surface area contributed by atoms with Crippen LogP contribution in [0.3, 0.4) is 0 Å². The van der Waals surface area contributed by atoms with Crippen LogP contribution in [0.2, 0.25) is 0 Å². The van der Waals surface area contributed by atoms with Crippen LogP contribution in [0.15, 0.2) is 71.1 Å². The van der Waals surface area contributed by atoms with Gasteiger partial charge in [-0.15, -0.1) is 10.2 Å². The van der Waals surface area contributed by atoms with Gasteiger partial charge in [-0.05, 0) is 48.8 Å². The topological polar surface area (TPSA) is 469 Å². The van der Waals surface area contributed by atoms with Crippen molar-refractivity contribution < 1.29 is 111 Å². The maximum atomic E-state index is 14.8. The second kappa shape index (κ2) is 42.0. The number of likely N-dealkylation sites (N-methyl/N-ethyl adjacent to an activating group) is 4. The Bertz CT molecular complexity index is 3900. The van der Waals surface area contributed by atoms with E-state index in [0.29, 0.717) is 23.4 Å². The Morgan fingerprint density at radius 2 is 1.26 bits per heavy atom. The highest BCUT2D eigenvalue weighted by molar-refractivity contribution is 6.12. The Kier molecular flexibility index (Phi) is 33.8. The standard InChI is InChI=1S/C73H106N14O23/c1-16-47(51(17-2)105-18-3)53(109-72(101)82(14)62(42(8)9)68(97)76-60(40(4)5)66(95)74-12)33-44-37-85(80-78-44)27-25-84(58(91)39-104-32-31-103-30-29-87-56(89)22-23-57(87)90)26-28-86-38-45(79-81-86)34-54(110-73(102)83(15)63(43(10)11)69(98)77-61(41(6)7)67(96)75-13)48-20-21-52(49-35-46(106-65(48)49)19-24-59(92)93)107-71-64(94)50(88)36-55(108-71)70(99)100/h16,20-23,35,37-38,40-43,50,53-55,60-64,71,88,94H,1,17-19,24-34,36,39H2,2-15H3,(H,74,95)(H,75,96)(H,76,97)(H,77,98)(H,92,93)(H,99,100)/b51-47-/t50-,53?,54?,55-,60-,61-,62-,63-,64+,71+/m0/s1. The number of fused-ring (bicyclic) bond motifs is 1. The van der Waals surface area contributed by atoms with E-state index in [1.165, 1.54) is 77.8 Å². The Labute approximate surface area is 637 Å². The number of ether oxygens (including phenoxy) is 7. The summed E-state index contributed by atoms with van der Waals surface area (Å²) in [6, 6.07) is 0.0881. The highest BCUT2D eigenvalue weighted by atomic mass is 16.7. The number of hydrogen-bond donors (Lipinski definition) is 8. The molecule has 2 aliphatic rings. The normalized spacial score (nSPS) is 17.6. The molecule has 10 atom stereocenters. The number of aryl methyl sites for hydroxylation is 1. The number of carbonyl (C=O) groups excluding carboxylic acids is 9. The van der Waals surface area contributed by atoms with Crippen LogP contribution in [0.1, 0.15) is 117 Å². The zero-order valence-electron chi connectivity index (χ0n) is 64.7. The van der Waals surface area contributed by atoms with Crippen LogP contribution in [0, 0.1) is 23.7 Å². The number of nitrogens with one attached hydrogen (secondary N) is 4. The minimum Gasteiger partial charge on any atom is -0.498 e. The Balaban J connectivity index is 1.31. The predicted octanol–water partition coefficient (Wildman–Crippen LogP) is 2.46. The molecule has 8 N–H and O–H groups in total. The summed E-state index contributed by atoms with van der Waals surface area (Å²) in [6.07, 6.45) is -5.06. The molecule has 37 nitrogen and oxygen atoms in total. The number of imide groups is 1. The predicted molar refractivity (Wildman–Crippen MR) is 390 cm³/mol. The fourth-order valence-electron chi connectivity index (χ4n) is 12.4. The quantitative estimate of drug-likeness (QED) is 0.0136. The van der Waals surface area contributed by atoms with Gasteiger partial charge in [0.25, 0.3) is 11.8 Å². The number of allylic oxidation sites excluding steroid dienone is 1. The molecule has 606 valence electrons. The van der Waals surface area contributed by atoms with Crippen LogP contribution in [0.5, 0.6) is 5.75 Å². The van der Waals surface area contributed by atoms with E-state index in [-0.39, 0.29) is 124 Å². The minimum absolute atomic E-state index is 0.0000730. The number of hydrogen-bond acceptors (Lipinski definition) is 25. The second-order valence-corrected chi connectivity index (χ2v) is 27.7. The lowest BCUT2D eigenvalue weighted by Crippen LogP contribution is -2.57. The van der Waals surface area contributed by atoms with Gasteiger partial charge in [-0.1, -0.05) is 85.4 Å². The average Bonchev–Trinajstić information content (AvgIpc) is 1.58. The first-order chi connectivity index (χ1) is 52.2. The van der Waals surface area contributed by atoms with E-state index in [2.05, 4.69) is 48.5 Å². The molecule has 37 heteroatoms. The van der Waals surface area contributed by atoms with Crippen molar-refractivity contribution in [2.45, 2.75) is 182 Å². The maximum absolute atomic E-state index is 14.8. The van der Waals surface area contributed by atoms with Crippen molar-refractivity contribution in [3.63, 3.8) is 0 Å². The van der Waals surface area contributed by atoms with E-state index in [9.17, 15) is 73.2 Å². The molecule has 0 aliphatic carbocycles. The van der Waals surface area contributed by atoms with Gasteiger partial charge in [0, 0.05) is 109 Å². The number of amides is 9. The maximum Gasteiger partial charge on any atom is 0.410 e. The molecular formula is C73H106N14O23. The molecule has 3 aromatic heterocycles. The molecule has 0 saturated carbocycles. The number of furan rings is 1. The molecule has 2 aliphatic heterocycles. The van der Waals surface area contributed by atoms with Gasteiger partial charge in [0.2, 0.25) is 35.8 Å². The number of carboxylic acids is 2. The van der Waals surface area contributed by atoms with Gasteiger partial charge in [-0.2, -0.15) is 0 Å². The van der Waals surface area contributed by atoms with E-state index < -0.39 is 158 Å². The molecule has 1 aromatic carbocycles. The lowest BCUT2D eigenvalue weighted by molar-refractivity contribution is -0.237. The van der Waals surface area contributed by atoms with E-state index in [1.54, 1.807) is 68.5 Å². The van der Waals surface area contributed by atoms with Gasteiger partial charge in [0.15, 0.2) is 6.10 Å². The largest absolute Gasteiger partial charge is 0.498 e. The van der Waals surface area contributed by atoms with Crippen molar-refractivity contribution in [2.75, 3.05) is 80.9 Å². The summed E-state index contributed by atoms with van der Waals surface area (Å²) in [5.74, 6) is -7.29. The molecule has 110 heavy (non-hydrogen) atoms. The van der Waals surface area contributed by atoms with E-state index in [1.807, 2.05) is 6.92 Å². The fourth-order valence-corrected chi connectivity index (χ4v) is 12.4. The molecule has 4 aromatic rings. The van der Waals surface area contributed by atoms with Crippen LogP contribution in [-0.4, -0.2) is 271 Å². The zero-order chi connectivity index (χ0) is 81.4. The Morgan fingerprint density at radius 3 is 1.76 bits per heavy atom. The van der Waals surface area contributed by atoms with Crippen molar-refractivity contribution >= 4 is 76.4 Å². The summed E-state index contributed by atoms with van der Waals surface area (Å²) in [5.41, 5.74) is 1.06. The van der Waals surface area contributed by atoms with Gasteiger partial charge < -0.3 is 84.2 Å². The molecule has 5 heterocycles. The lowest BCUT2D eigenvalue weighted by atomic mass is 9.99. The lowest BCUT2D eigenvalue weighted by Gasteiger charge is -2.35. The van der Waals surface area contributed by atoms with Crippen LogP contribution < -0.4 is 26.0 Å². The number of rotatable bonds is 44. The summed E-state index contributed by atoms with van der Waals surface area (Å²) < 4.78 is 50.8. The van der Waals surface area contributed by atoms with Gasteiger partial charge in [0.1, 0.15) is 71.9 Å². The molecule has 9 amide bonds. The molecule has 2 unspecified atom stereocenters. The third-order valence-corrected chi connectivity index (χ3v) is 18.3. The molecule has 1 saturated heterocycles. The van der Waals surface area contributed by atoms with Gasteiger partial charge in [0.05, 0.1) is 75.4 Å². The SMILES string of the molecule is C=C/C(=C(\CC)OCC)C(Cc1cn(CCN(CCn2cc(CC(OC(=O)N(C)[C@H](C(=O)N[C@H](C(=O)NC)C(C)C)C(C)C)c3ccc(O[C@@H]4O[C@H](C(=O)O)C[C@H](O)[C@H]4O)c4cc(CCC(=O)O)oc34)nn2)C(=O)COCCOCCN2C(=O)C=CC2=O)nn1)OC(=O)N(C)[C@H](C(=O)N[C@H](C(=O)NC)C(C)C)C(C)C. The van der Waals surface area contributed by atoms with Gasteiger partial charge >= 0.3 is 24.1 Å². The third kappa shape index (κ3) is 24.3. The van der Waals surface area contributed by atoms with E-state index in [4.69, 9.17) is 37.6 Å². The van der Waals surface area contributed by atoms with Crippen molar-refractivity contribution in [2.24, 2.45) is 23.7 Å². The van der Waals surface area contributed by atoms with Crippen LogP contribution in [0.25, 0.3) is 11.0 Å². The van der Waals surface area contributed by atoms with Crippen LogP contribution in [-0.2, 0) is 104 Å². The van der Waals surface area contributed by atoms with Crippen LogP contribution >= 0.6 is 0 Å². The van der Waals surface area contributed by atoms with E-state index >= 15 is 0 Å². The molecule has 6 rings (SSSR count). The first kappa shape index (κ1) is 88.5. The molecule has 0 spiro atoms. The Hall–Kier alpha value is -10.4. The number of aromatic nitrogens is 6. The number of carboxylic acid groups (broad SMARTS) is 2. The van der Waals surface area contributed by atoms with Crippen LogP contribution in [0.4, 0.5) is 9.59 Å². The number of aliphatic carboxylic acids is 2. The first-order valence-electron chi connectivity index (χ1n) is 36.5. The van der Waals surface area contributed by atoms with Crippen molar-refractivity contribution in [1.82, 2.24) is 70.9 Å². The Morgan fingerprint density at radius 1 is 0.718 bits per heavy atom. The molecule has 0 bridgehead atoms. The zero-order valence-corrected chi connectivity index (χ0v) is 64.7. The molecule has 0 radical (unpaired) electrons. The monoisotopic (exact) mass is 1550 g/mol. The van der Waals surface area contributed by atoms with Crippen molar-refractivity contribution in [1.29, 1.82) is 0 Å². The minimum atomic E-state index is -1.74. The third-order valence-electron chi connectivity index (χ3n) is 18.3. The summed E-state index contributed by atoms with van der Waals surface area (Å²) in [6.45, 7) is 21.3. The van der Waals surface area contributed by atoms with E-state index in [0.717, 1.165) is 22.0 Å². The van der Waals surface area contributed by atoms with Crippen molar-refractivity contribution in [3.8, 4) is 5.75 Å². The number of aliphatic hydroxyl groups is 2. The first-order valence-corrected chi connectivity index (χ1v) is 36.5. The highest BCUT2D eigenvalue weighted by Gasteiger charge is 2.43. The summed E-state index contributed by atoms with van der Waals surface area (Å²) in [7, 11) is 5.65. The van der Waals surface area contributed by atoms with Gasteiger partial charge in [-0.3, -0.25) is 62.4 Å². The average molecular weight is 1550 g/mol. The number of carbonyl (C=O) groups is 11. The second-order valence-electron chi connectivity index (χ2n) is 27.7. The summed E-state index contributed by atoms with van der Waals surface area (Å²) in [5, 5.41) is 69.5.